The maximum atomic E-state index is 13.5. The minimum absolute atomic E-state index is 0.00656. The summed E-state index contributed by atoms with van der Waals surface area (Å²) in [6, 6.07) is 10.2. The van der Waals surface area contributed by atoms with E-state index in [-0.39, 0.29) is 11.9 Å². The fourth-order valence-electron chi connectivity index (χ4n) is 4.69. The summed E-state index contributed by atoms with van der Waals surface area (Å²) in [7, 11) is 1.39. The third kappa shape index (κ3) is 4.06. The topological polar surface area (TPSA) is 68.6 Å². The van der Waals surface area contributed by atoms with Crippen molar-refractivity contribution >= 4 is 11.8 Å². The molecule has 1 saturated heterocycles. The third-order valence-electron chi connectivity index (χ3n) is 6.47. The zero-order valence-corrected chi connectivity index (χ0v) is 18.8. The van der Waals surface area contributed by atoms with Gasteiger partial charge in [-0.15, -0.1) is 0 Å². The molecule has 0 bridgehead atoms. The maximum Gasteiger partial charge on any atom is 0.414 e. The van der Waals surface area contributed by atoms with Gasteiger partial charge in [0.1, 0.15) is 17.3 Å². The van der Waals surface area contributed by atoms with Gasteiger partial charge in [0.25, 0.3) is 0 Å². The number of amides is 1. The standard InChI is InChI=1S/C25H27FN4O3/c1-16-3-8-22-23(30(16)25(31)32-2)10-9-21(24(22)33-20-6-4-18(26)5-7-20)17-13-28-29(15-17)19-11-12-27-14-19/h4-7,9-10,13,15-16,19,27H,3,8,11-12,14H2,1-2H3. The van der Waals surface area contributed by atoms with Crippen LogP contribution in [0.4, 0.5) is 14.9 Å². The Hall–Kier alpha value is -3.39. The van der Waals surface area contributed by atoms with Crippen molar-refractivity contribution in [2.75, 3.05) is 25.1 Å². The highest BCUT2D eigenvalue weighted by Crippen LogP contribution is 2.45. The molecule has 5 rings (SSSR count). The number of hydrogen-bond acceptors (Lipinski definition) is 5. The minimum Gasteiger partial charge on any atom is -0.456 e. The average molecular weight is 451 g/mol. The van der Waals surface area contributed by atoms with Crippen LogP contribution in [0.3, 0.4) is 0 Å². The van der Waals surface area contributed by atoms with E-state index >= 15 is 0 Å². The van der Waals surface area contributed by atoms with Gasteiger partial charge in [0, 0.05) is 35.5 Å². The van der Waals surface area contributed by atoms with Gasteiger partial charge in [0.2, 0.25) is 0 Å². The lowest BCUT2D eigenvalue weighted by molar-refractivity contribution is 0.175. The van der Waals surface area contributed by atoms with Crippen LogP contribution in [-0.4, -0.2) is 42.1 Å². The van der Waals surface area contributed by atoms with Crippen LogP contribution in [0.2, 0.25) is 0 Å². The second-order valence-electron chi connectivity index (χ2n) is 8.58. The molecule has 172 valence electrons. The van der Waals surface area contributed by atoms with Crippen molar-refractivity contribution in [3.63, 3.8) is 0 Å². The number of anilines is 1. The van der Waals surface area contributed by atoms with E-state index in [1.807, 2.05) is 36.1 Å². The number of nitrogens with one attached hydrogen (secondary N) is 1. The number of fused-ring (bicyclic) bond motifs is 1. The van der Waals surface area contributed by atoms with Gasteiger partial charge in [0.05, 0.1) is 25.0 Å². The Bertz CT molecular complexity index is 1150. The number of halogens is 1. The molecule has 0 saturated carbocycles. The quantitative estimate of drug-likeness (QED) is 0.611. The molecule has 0 aliphatic carbocycles. The van der Waals surface area contributed by atoms with Crippen LogP contribution in [0.5, 0.6) is 11.5 Å². The van der Waals surface area contributed by atoms with Gasteiger partial charge in [0.15, 0.2) is 0 Å². The molecule has 1 N–H and O–H groups in total. The van der Waals surface area contributed by atoms with Crippen LogP contribution in [0.15, 0.2) is 48.8 Å². The number of hydrogen-bond donors (Lipinski definition) is 1. The molecular weight excluding hydrogens is 423 g/mol. The zero-order valence-electron chi connectivity index (χ0n) is 18.8. The van der Waals surface area contributed by atoms with E-state index in [0.29, 0.717) is 17.5 Å². The fourth-order valence-corrected chi connectivity index (χ4v) is 4.69. The Balaban J connectivity index is 1.61. The molecule has 1 aromatic heterocycles. The molecule has 2 aliphatic heterocycles. The lowest BCUT2D eigenvalue weighted by Crippen LogP contribution is -2.42. The molecule has 33 heavy (non-hydrogen) atoms. The fraction of sp³-hybridized carbons (Fsp3) is 0.360. The Morgan fingerprint density at radius 3 is 2.73 bits per heavy atom. The van der Waals surface area contributed by atoms with Gasteiger partial charge in [-0.2, -0.15) is 5.10 Å². The van der Waals surface area contributed by atoms with Crippen molar-refractivity contribution in [2.24, 2.45) is 0 Å². The summed E-state index contributed by atoms with van der Waals surface area (Å²) in [5.74, 6) is 0.862. The summed E-state index contributed by atoms with van der Waals surface area (Å²) in [5, 5.41) is 7.97. The van der Waals surface area contributed by atoms with Crippen molar-refractivity contribution in [3.05, 3.63) is 60.2 Å². The summed E-state index contributed by atoms with van der Waals surface area (Å²) in [6.45, 7) is 3.89. The number of benzene rings is 2. The number of carbonyl (C=O) groups is 1. The number of aromatic nitrogens is 2. The molecule has 2 aromatic carbocycles. The molecule has 2 unspecified atom stereocenters. The molecule has 0 radical (unpaired) electrons. The van der Waals surface area contributed by atoms with Gasteiger partial charge >= 0.3 is 6.09 Å². The Morgan fingerprint density at radius 2 is 2.00 bits per heavy atom. The van der Waals surface area contributed by atoms with E-state index < -0.39 is 6.09 Å². The van der Waals surface area contributed by atoms with Crippen LogP contribution in [0, 0.1) is 5.82 Å². The molecular formula is C25H27FN4O3. The van der Waals surface area contributed by atoms with Gasteiger partial charge in [-0.3, -0.25) is 9.58 Å². The van der Waals surface area contributed by atoms with E-state index in [1.165, 1.54) is 19.2 Å². The molecule has 1 fully saturated rings. The van der Waals surface area contributed by atoms with Gasteiger partial charge in [-0.25, -0.2) is 9.18 Å². The van der Waals surface area contributed by atoms with Crippen LogP contribution < -0.4 is 15.0 Å². The Kier molecular flexibility index (Phi) is 5.76. The molecule has 1 amide bonds. The Morgan fingerprint density at radius 1 is 1.18 bits per heavy atom. The SMILES string of the molecule is COC(=O)N1c2ccc(-c3cnn(C4CCNC4)c3)c(Oc3ccc(F)cc3)c2CCC1C. The zero-order chi connectivity index (χ0) is 22.9. The van der Waals surface area contributed by atoms with E-state index in [4.69, 9.17) is 9.47 Å². The number of methoxy groups -OCH3 is 1. The summed E-state index contributed by atoms with van der Waals surface area (Å²) in [6.07, 6.45) is 6.05. The summed E-state index contributed by atoms with van der Waals surface area (Å²) < 4.78 is 26.9. The smallest absolute Gasteiger partial charge is 0.414 e. The molecule has 8 heteroatoms. The number of nitrogens with zero attached hydrogens (tertiary/aromatic N) is 3. The van der Waals surface area contributed by atoms with Crippen LogP contribution >= 0.6 is 0 Å². The summed E-state index contributed by atoms with van der Waals surface area (Å²) >= 11 is 0. The van der Waals surface area contributed by atoms with Gasteiger partial charge in [-0.1, -0.05) is 0 Å². The normalized spacial score (nSPS) is 19.9. The first-order chi connectivity index (χ1) is 16.0. The van der Waals surface area contributed by atoms with E-state index in [1.54, 1.807) is 17.0 Å². The average Bonchev–Trinajstić information content (AvgIpc) is 3.52. The second kappa shape index (κ2) is 8.86. The highest BCUT2D eigenvalue weighted by atomic mass is 19.1. The number of ether oxygens (including phenoxy) is 2. The summed E-state index contributed by atoms with van der Waals surface area (Å²) in [5.41, 5.74) is 3.52. The van der Waals surface area contributed by atoms with Crippen molar-refractivity contribution in [1.29, 1.82) is 0 Å². The van der Waals surface area contributed by atoms with Crippen molar-refractivity contribution in [2.45, 2.75) is 38.3 Å². The van der Waals surface area contributed by atoms with Crippen molar-refractivity contribution < 1.29 is 18.7 Å². The third-order valence-corrected chi connectivity index (χ3v) is 6.47. The monoisotopic (exact) mass is 450 g/mol. The summed E-state index contributed by atoms with van der Waals surface area (Å²) in [4.78, 5) is 14.2. The lowest BCUT2D eigenvalue weighted by atomic mass is 9.92. The van der Waals surface area contributed by atoms with E-state index in [9.17, 15) is 9.18 Å². The molecule has 2 aliphatic rings. The predicted molar refractivity (Wildman–Crippen MR) is 123 cm³/mol. The highest BCUT2D eigenvalue weighted by Gasteiger charge is 2.32. The second-order valence-corrected chi connectivity index (χ2v) is 8.58. The number of carbonyl (C=O) groups excluding carboxylic acids is 1. The molecule has 3 aromatic rings. The van der Waals surface area contributed by atoms with Crippen molar-refractivity contribution in [3.8, 4) is 22.6 Å². The first kappa shape index (κ1) is 21.5. The van der Waals surface area contributed by atoms with E-state index in [0.717, 1.165) is 54.7 Å². The predicted octanol–water partition coefficient (Wildman–Crippen LogP) is 4.92. The molecule has 2 atom stereocenters. The lowest BCUT2D eigenvalue weighted by Gasteiger charge is -2.35. The highest BCUT2D eigenvalue weighted by molar-refractivity contribution is 5.92. The first-order valence-electron chi connectivity index (χ1n) is 11.3. The largest absolute Gasteiger partial charge is 0.456 e. The van der Waals surface area contributed by atoms with E-state index in [2.05, 4.69) is 10.4 Å². The first-order valence-corrected chi connectivity index (χ1v) is 11.3. The van der Waals surface area contributed by atoms with Gasteiger partial charge in [-0.05, 0) is 69.1 Å². The van der Waals surface area contributed by atoms with Crippen LogP contribution in [0.1, 0.15) is 31.4 Å². The minimum atomic E-state index is -0.398. The molecule has 3 heterocycles. The van der Waals surface area contributed by atoms with Crippen LogP contribution in [-0.2, 0) is 11.2 Å². The molecule has 7 nitrogen and oxygen atoms in total. The van der Waals surface area contributed by atoms with Crippen LogP contribution in [0.25, 0.3) is 11.1 Å². The number of rotatable bonds is 4. The van der Waals surface area contributed by atoms with Crippen molar-refractivity contribution in [1.82, 2.24) is 15.1 Å². The molecule has 0 spiro atoms. The maximum absolute atomic E-state index is 13.5. The van der Waals surface area contributed by atoms with Gasteiger partial charge < -0.3 is 14.8 Å². The Labute approximate surface area is 192 Å².